The zero-order chi connectivity index (χ0) is 14.0. The van der Waals surface area contributed by atoms with E-state index in [-0.39, 0.29) is 8.68 Å². The first-order valence-electron chi connectivity index (χ1n) is 4.90. The zero-order valence-corrected chi connectivity index (χ0v) is 12.7. The number of hydrogen-bond donors (Lipinski definition) is 1. The number of nitrogens with zero attached hydrogens (tertiary/aromatic N) is 1. The maximum Gasteiger partial charge on any atom is 0.273 e. The van der Waals surface area contributed by atoms with Crippen LogP contribution in [0.4, 0.5) is 5.69 Å². The van der Waals surface area contributed by atoms with Crippen molar-refractivity contribution in [2.45, 2.75) is 4.21 Å². The monoisotopic (exact) mass is 338 g/mol. The Morgan fingerprint density at radius 1 is 1.37 bits per heavy atom. The van der Waals surface area contributed by atoms with Crippen molar-refractivity contribution in [3.05, 3.63) is 33.9 Å². The van der Waals surface area contributed by atoms with Crippen LogP contribution in [0, 0.1) is 0 Å². The summed E-state index contributed by atoms with van der Waals surface area (Å²) < 4.78 is 31.6. The van der Waals surface area contributed by atoms with Crippen LogP contribution in [0.1, 0.15) is 0 Å². The Morgan fingerprint density at radius 2 is 2.11 bits per heavy atom. The van der Waals surface area contributed by atoms with E-state index >= 15 is 0 Å². The molecule has 19 heavy (non-hydrogen) atoms. The minimum absolute atomic E-state index is 0.0319. The van der Waals surface area contributed by atoms with Gasteiger partial charge in [0.1, 0.15) is 5.75 Å². The SMILES string of the molecule is COc1ccc(NS(=O)(=O)c2cnc(Cl)s2)cc1Cl. The number of benzene rings is 1. The number of rotatable bonds is 4. The largest absolute Gasteiger partial charge is 0.495 e. The molecule has 2 aromatic rings. The van der Waals surface area contributed by atoms with Gasteiger partial charge in [-0.25, -0.2) is 13.4 Å². The van der Waals surface area contributed by atoms with Gasteiger partial charge >= 0.3 is 0 Å². The maximum atomic E-state index is 12.0. The Kier molecular flexibility index (Phi) is 4.19. The van der Waals surface area contributed by atoms with Crippen molar-refractivity contribution in [1.82, 2.24) is 4.98 Å². The third-order valence-corrected chi connectivity index (χ3v) is 5.38. The van der Waals surface area contributed by atoms with E-state index in [9.17, 15) is 8.42 Å². The second-order valence-electron chi connectivity index (χ2n) is 3.39. The van der Waals surface area contributed by atoms with Crippen LogP contribution >= 0.6 is 34.5 Å². The highest BCUT2D eigenvalue weighted by atomic mass is 35.5. The van der Waals surface area contributed by atoms with E-state index in [2.05, 4.69) is 9.71 Å². The molecule has 1 N–H and O–H groups in total. The molecule has 102 valence electrons. The molecule has 0 aliphatic carbocycles. The van der Waals surface area contributed by atoms with Crippen molar-refractivity contribution >= 4 is 50.2 Å². The lowest BCUT2D eigenvalue weighted by Gasteiger charge is -2.08. The number of hydrogen-bond acceptors (Lipinski definition) is 5. The van der Waals surface area contributed by atoms with Crippen LogP contribution in [-0.4, -0.2) is 20.5 Å². The fourth-order valence-corrected chi connectivity index (χ4v) is 3.90. The molecule has 0 aliphatic rings. The standard InChI is InChI=1S/C10H8Cl2N2O3S2/c1-17-8-3-2-6(4-7(8)11)14-19(15,16)9-5-13-10(12)18-9/h2-5,14H,1H3. The molecule has 1 aromatic carbocycles. The van der Waals surface area contributed by atoms with Gasteiger partial charge in [0.25, 0.3) is 10.0 Å². The molecular formula is C10H8Cl2N2O3S2. The van der Waals surface area contributed by atoms with Crippen molar-refractivity contribution < 1.29 is 13.2 Å². The van der Waals surface area contributed by atoms with Gasteiger partial charge in [-0.2, -0.15) is 0 Å². The van der Waals surface area contributed by atoms with E-state index in [0.717, 1.165) is 11.3 Å². The fraction of sp³-hybridized carbons (Fsp3) is 0.100. The number of ether oxygens (including phenoxy) is 1. The lowest BCUT2D eigenvalue weighted by atomic mass is 10.3. The number of sulfonamides is 1. The lowest BCUT2D eigenvalue weighted by Crippen LogP contribution is -2.11. The van der Waals surface area contributed by atoms with Crippen LogP contribution in [0.3, 0.4) is 0 Å². The third-order valence-electron chi connectivity index (χ3n) is 2.13. The summed E-state index contributed by atoms with van der Waals surface area (Å²) in [5.41, 5.74) is 0.329. The van der Waals surface area contributed by atoms with E-state index in [1.807, 2.05) is 0 Å². The molecule has 0 radical (unpaired) electrons. The van der Waals surface area contributed by atoms with Crippen LogP contribution in [0.15, 0.2) is 28.6 Å². The van der Waals surface area contributed by atoms with Crippen LogP contribution in [0.25, 0.3) is 0 Å². The third kappa shape index (κ3) is 3.30. The molecule has 0 bridgehead atoms. The van der Waals surface area contributed by atoms with Gasteiger partial charge in [0.05, 0.1) is 24.0 Å². The van der Waals surface area contributed by atoms with Crippen LogP contribution in [-0.2, 0) is 10.0 Å². The van der Waals surface area contributed by atoms with E-state index in [1.54, 1.807) is 12.1 Å². The zero-order valence-electron chi connectivity index (χ0n) is 9.55. The number of aromatic nitrogens is 1. The minimum atomic E-state index is -3.71. The van der Waals surface area contributed by atoms with Crippen molar-refractivity contribution in [1.29, 1.82) is 0 Å². The number of nitrogens with one attached hydrogen (secondary N) is 1. The molecule has 0 amide bonds. The fourth-order valence-electron chi connectivity index (χ4n) is 1.30. The Morgan fingerprint density at radius 3 is 2.63 bits per heavy atom. The average molecular weight is 339 g/mol. The van der Waals surface area contributed by atoms with Crippen molar-refractivity contribution in [3.8, 4) is 5.75 Å². The molecule has 0 spiro atoms. The summed E-state index contributed by atoms with van der Waals surface area (Å²) in [4.78, 5) is 3.69. The predicted octanol–water partition coefficient (Wildman–Crippen LogP) is 3.26. The van der Waals surface area contributed by atoms with E-state index in [1.165, 1.54) is 19.4 Å². The average Bonchev–Trinajstić information content (AvgIpc) is 2.76. The Labute approximate surface area is 124 Å². The Hall–Kier alpha value is -1.02. The minimum Gasteiger partial charge on any atom is -0.495 e. The Balaban J connectivity index is 2.28. The van der Waals surface area contributed by atoms with Gasteiger partial charge in [-0.05, 0) is 18.2 Å². The molecule has 0 saturated heterocycles. The van der Waals surface area contributed by atoms with Gasteiger partial charge in [0.2, 0.25) is 0 Å². The summed E-state index contributed by atoms with van der Waals surface area (Å²) in [6, 6.07) is 4.57. The number of halogens is 2. The maximum absolute atomic E-state index is 12.0. The molecule has 0 fully saturated rings. The van der Waals surface area contributed by atoms with E-state index < -0.39 is 10.0 Å². The van der Waals surface area contributed by atoms with Gasteiger partial charge in [-0.3, -0.25) is 4.72 Å². The normalized spacial score (nSPS) is 11.3. The van der Waals surface area contributed by atoms with Crippen molar-refractivity contribution in [2.75, 3.05) is 11.8 Å². The number of anilines is 1. The molecule has 9 heteroatoms. The van der Waals surface area contributed by atoms with Crippen molar-refractivity contribution in [2.24, 2.45) is 0 Å². The highest BCUT2D eigenvalue weighted by Crippen LogP contribution is 2.29. The smallest absolute Gasteiger partial charge is 0.273 e. The summed E-state index contributed by atoms with van der Waals surface area (Å²) in [5.74, 6) is 0.463. The summed E-state index contributed by atoms with van der Waals surface area (Å²) in [7, 11) is -2.23. The summed E-state index contributed by atoms with van der Waals surface area (Å²) in [6.07, 6.45) is 1.19. The van der Waals surface area contributed by atoms with Gasteiger partial charge < -0.3 is 4.74 Å². The van der Waals surface area contributed by atoms with Gasteiger partial charge in [0.15, 0.2) is 8.68 Å². The van der Waals surface area contributed by atoms with Gasteiger partial charge in [0, 0.05) is 0 Å². The van der Waals surface area contributed by atoms with Crippen LogP contribution in [0.2, 0.25) is 9.49 Å². The molecule has 0 aliphatic heterocycles. The molecule has 0 unspecified atom stereocenters. The number of thiazole rings is 1. The van der Waals surface area contributed by atoms with Crippen LogP contribution < -0.4 is 9.46 Å². The molecule has 0 saturated carbocycles. The second-order valence-corrected chi connectivity index (χ2v) is 7.32. The molecule has 1 heterocycles. The first-order chi connectivity index (χ1) is 8.92. The highest BCUT2D eigenvalue weighted by Gasteiger charge is 2.18. The molecule has 2 rings (SSSR count). The topological polar surface area (TPSA) is 68.3 Å². The van der Waals surface area contributed by atoms with Gasteiger partial charge in [-0.15, -0.1) is 0 Å². The summed E-state index contributed by atoms with van der Waals surface area (Å²) in [6.45, 7) is 0. The highest BCUT2D eigenvalue weighted by molar-refractivity contribution is 7.94. The molecule has 5 nitrogen and oxygen atoms in total. The van der Waals surface area contributed by atoms with E-state index in [0.29, 0.717) is 16.5 Å². The first kappa shape index (κ1) is 14.4. The summed E-state index contributed by atoms with van der Waals surface area (Å²) >= 11 is 12.4. The first-order valence-corrected chi connectivity index (χ1v) is 7.95. The second kappa shape index (κ2) is 5.54. The lowest BCUT2D eigenvalue weighted by molar-refractivity contribution is 0.415. The van der Waals surface area contributed by atoms with E-state index in [4.69, 9.17) is 27.9 Å². The Bertz CT molecular complexity index is 701. The quantitative estimate of drug-likeness (QED) is 0.928. The predicted molar refractivity (Wildman–Crippen MR) is 75.9 cm³/mol. The molecule has 0 atom stereocenters. The number of methoxy groups -OCH3 is 1. The molecular weight excluding hydrogens is 331 g/mol. The van der Waals surface area contributed by atoms with Crippen molar-refractivity contribution in [3.63, 3.8) is 0 Å². The van der Waals surface area contributed by atoms with Gasteiger partial charge in [-0.1, -0.05) is 34.5 Å². The summed E-state index contributed by atoms with van der Waals surface area (Å²) in [5, 5.41) is 0.310. The van der Waals surface area contributed by atoms with Crippen LogP contribution in [0.5, 0.6) is 5.75 Å². The molecule has 1 aromatic heterocycles.